The molecule has 0 aromatic heterocycles. The highest BCUT2D eigenvalue weighted by atomic mass is 16.6. The van der Waals surface area contributed by atoms with Gasteiger partial charge in [-0.2, -0.15) is 0 Å². The highest BCUT2D eigenvalue weighted by Gasteiger charge is 2.08. The Hall–Kier alpha value is -2.61. The Kier molecular flexibility index (Phi) is 8.06. The summed E-state index contributed by atoms with van der Waals surface area (Å²) in [7, 11) is 0. The number of carbonyl (C=O) groups excluding carboxylic acids is 1. The maximum atomic E-state index is 10.1. The molecule has 0 radical (unpaired) electrons. The monoisotopic (exact) mass is 307 g/mol. The number of hydrogen-bond acceptors (Lipinski definition) is 6. The summed E-state index contributed by atoms with van der Waals surface area (Å²) in [6.07, 6.45) is -0.193. The Balaban J connectivity index is 2.46. The van der Waals surface area contributed by atoms with Gasteiger partial charge >= 0.3 is 0 Å². The number of benzene rings is 1. The minimum absolute atomic E-state index is 0.000894. The van der Waals surface area contributed by atoms with Gasteiger partial charge in [-0.05, 0) is 17.7 Å². The number of aldehydes is 1. The molecule has 1 atom stereocenters. The number of amidine groups is 1. The Morgan fingerprint density at radius 1 is 1.50 bits per heavy atom. The van der Waals surface area contributed by atoms with Crippen molar-refractivity contribution in [1.29, 1.82) is 5.41 Å². The molecule has 0 bridgehead atoms. The summed E-state index contributed by atoms with van der Waals surface area (Å²) in [5.41, 5.74) is 14.4. The van der Waals surface area contributed by atoms with Crippen LogP contribution in [0, 0.1) is 5.41 Å². The van der Waals surface area contributed by atoms with Crippen LogP contribution in [0.15, 0.2) is 29.4 Å². The zero-order valence-corrected chi connectivity index (χ0v) is 11.8. The fraction of sp³-hybridized carbons (Fsp3) is 0.385. The van der Waals surface area contributed by atoms with E-state index in [9.17, 15) is 4.79 Å². The van der Waals surface area contributed by atoms with Crippen LogP contribution in [0.1, 0.15) is 5.56 Å². The maximum absolute atomic E-state index is 10.1. The van der Waals surface area contributed by atoms with E-state index in [1.165, 1.54) is 0 Å². The van der Waals surface area contributed by atoms with Gasteiger partial charge < -0.3 is 24.7 Å². The largest absolute Gasteiger partial charge is 0.491 e. The van der Waals surface area contributed by atoms with Crippen molar-refractivity contribution in [3.63, 3.8) is 0 Å². The van der Waals surface area contributed by atoms with E-state index in [0.717, 1.165) is 0 Å². The summed E-state index contributed by atoms with van der Waals surface area (Å²) in [6, 6.07) is 6.67. The quantitative estimate of drug-likeness (QED) is 0.120. The van der Waals surface area contributed by atoms with E-state index in [2.05, 4.69) is 10.0 Å². The van der Waals surface area contributed by atoms with E-state index in [1.807, 2.05) is 0 Å². The normalized spacial score (nSPS) is 11.3. The minimum atomic E-state index is -0.828. The first-order valence-electron chi connectivity index (χ1n) is 6.41. The molecule has 0 heterocycles. The van der Waals surface area contributed by atoms with Gasteiger partial charge in [-0.15, -0.1) is 0 Å². The molecule has 1 rings (SSSR count). The molecule has 22 heavy (non-hydrogen) atoms. The summed E-state index contributed by atoms with van der Waals surface area (Å²) in [5, 5.41) is 10.8. The molecule has 0 aliphatic carbocycles. The van der Waals surface area contributed by atoms with E-state index < -0.39 is 6.23 Å². The molecule has 0 saturated carbocycles. The van der Waals surface area contributed by atoms with Gasteiger partial charge in [0.05, 0.1) is 13.2 Å². The first-order chi connectivity index (χ1) is 10.7. The number of hydrogen-bond donors (Lipinski definition) is 2. The van der Waals surface area contributed by atoms with Crippen LogP contribution in [0.4, 0.5) is 0 Å². The number of carbonyl (C=O) groups is 1. The van der Waals surface area contributed by atoms with Gasteiger partial charge in [0.1, 0.15) is 31.1 Å². The van der Waals surface area contributed by atoms with Gasteiger partial charge in [-0.25, -0.2) is 0 Å². The van der Waals surface area contributed by atoms with Gasteiger partial charge in [0.15, 0.2) is 6.23 Å². The molecule has 0 amide bonds. The highest BCUT2D eigenvalue weighted by molar-refractivity contribution is 5.95. The topological polar surface area (TPSA) is 143 Å². The lowest BCUT2D eigenvalue weighted by Crippen LogP contribution is -2.21. The first kappa shape index (κ1) is 17.4. The van der Waals surface area contributed by atoms with E-state index >= 15 is 0 Å². The zero-order chi connectivity index (χ0) is 16.2. The third-order valence-corrected chi connectivity index (χ3v) is 2.44. The first-order valence-corrected chi connectivity index (χ1v) is 6.41. The van der Waals surface area contributed by atoms with Crippen molar-refractivity contribution < 1.29 is 19.0 Å². The molecule has 0 aliphatic rings. The van der Waals surface area contributed by atoms with Gasteiger partial charge in [0, 0.05) is 10.5 Å². The van der Waals surface area contributed by atoms with Crippen LogP contribution in [0.5, 0.6) is 5.75 Å². The lowest BCUT2D eigenvalue weighted by atomic mass is 10.2. The number of rotatable bonds is 11. The van der Waals surface area contributed by atoms with Gasteiger partial charge in [-0.3, -0.25) is 5.41 Å². The van der Waals surface area contributed by atoms with Crippen LogP contribution in [0.2, 0.25) is 0 Å². The summed E-state index contributed by atoms with van der Waals surface area (Å²) >= 11 is 0. The molecule has 0 spiro atoms. The van der Waals surface area contributed by atoms with Crippen LogP contribution < -0.4 is 10.5 Å². The molecule has 0 aliphatic heterocycles. The zero-order valence-electron chi connectivity index (χ0n) is 11.8. The molecular weight excluding hydrogens is 290 g/mol. The van der Waals surface area contributed by atoms with E-state index in [4.69, 9.17) is 30.9 Å². The van der Waals surface area contributed by atoms with Crippen LogP contribution in [-0.4, -0.2) is 44.8 Å². The number of nitrogens with two attached hydrogens (primary N) is 1. The Morgan fingerprint density at radius 3 is 3.00 bits per heavy atom. The maximum Gasteiger partial charge on any atom is 0.170 e. The Morgan fingerprint density at radius 2 is 2.32 bits per heavy atom. The van der Waals surface area contributed by atoms with Crippen molar-refractivity contribution in [3.8, 4) is 5.75 Å². The lowest BCUT2D eigenvalue weighted by Gasteiger charge is -2.14. The number of nitrogen functional groups attached to an aromatic ring is 1. The molecule has 9 heteroatoms. The van der Waals surface area contributed by atoms with Crippen LogP contribution in [0.3, 0.4) is 0 Å². The molecule has 1 aromatic carbocycles. The molecule has 1 aromatic rings. The molecule has 118 valence electrons. The summed E-state index contributed by atoms with van der Waals surface area (Å²) in [6.45, 7) is 0.355. The Bertz CT molecular complexity index is 545. The summed E-state index contributed by atoms with van der Waals surface area (Å²) in [4.78, 5) is 12.7. The molecule has 3 N–H and O–H groups in total. The van der Waals surface area contributed by atoms with Crippen molar-refractivity contribution >= 4 is 12.1 Å². The second kappa shape index (κ2) is 10.2. The van der Waals surface area contributed by atoms with Crippen molar-refractivity contribution in [3.05, 3.63) is 40.3 Å². The van der Waals surface area contributed by atoms with Crippen molar-refractivity contribution in [2.45, 2.75) is 6.23 Å². The van der Waals surface area contributed by atoms with Gasteiger partial charge in [0.25, 0.3) is 0 Å². The van der Waals surface area contributed by atoms with E-state index in [1.54, 1.807) is 24.3 Å². The fourth-order valence-corrected chi connectivity index (χ4v) is 1.47. The molecule has 9 nitrogen and oxygen atoms in total. The number of nitrogens with one attached hydrogen (secondary N) is 1. The number of ether oxygens (including phenoxy) is 3. The predicted octanol–water partition coefficient (Wildman–Crippen LogP) is 1.22. The molecular formula is C13H17N5O4. The number of nitrogens with zero attached hydrogens (tertiary/aromatic N) is 3. The highest BCUT2D eigenvalue weighted by Crippen LogP contribution is 2.13. The average molecular weight is 307 g/mol. The Labute approximate surface area is 127 Å². The lowest BCUT2D eigenvalue weighted by molar-refractivity contribution is -0.112. The molecule has 0 fully saturated rings. The standard InChI is InChI=1S/C13H17N5O4/c14-13(15)10-2-1-3-11(8-10)22-9-12(17-18-16)21-7-6-20-5-4-19/h1-4,8,12H,5-7,9H2,(H3,14,15). The van der Waals surface area contributed by atoms with E-state index in [0.29, 0.717) is 17.6 Å². The third-order valence-electron chi connectivity index (χ3n) is 2.44. The van der Waals surface area contributed by atoms with Crippen molar-refractivity contribution in [2.24, 2.45) is 10.8 Å². The average Bonchev–Trinajstić information content (AvgIpc) is 2.52. The molecule has 0 saturated heterocycles. The summed E-state index contributed by atoms with van der Waals surface area (Å²) in [5.74, 6) is 0.410. The smallest absolute Gasteiger partial charge is 0.170 e. The SMILES string of the molecule is [N-]=[N+]=NC(COc1cccc(C(=N)N)c1)OCCOCC=O. The third kappa shape index (κ3) is 6.71. The fourth-order valence-electron chi connectivity index (χ4n) is 1.47. The van der Waals surface area contributed by atoms with Crippen LogP contribution >= 0.6 is 0 Å². The van der Waals surface area contributed by atoms with E-state index in [-0.39, 0.29) is 32.3 Å². The summed E-state index contributed by atoms with van der Waals surface area (Å²) < 4.78 is 15.6. The van der Waals surface area contributed by atoms with Crippen molar-refractivity contribution in [2.75, 3.05) is 26.4 Å². The van der Waals surface area contributed by atoms with Crippen molar-refractivity contribution in [1.82, 2.24) is 0 Å². The second-order valence-electron chi connectivity index (χ2n) is 4.02. The molecule has 1 unspecified atom stereocenters. The van der Waals surface area contributed by atoms with Crippen LogP contribution in [0.25, 0.3) is 10.4 Å². The minimum Gasteiger partial charge on any atom is -0.491 e. The second-order valence-corrected chi connectivity index (χ2v) is 4.02. The van der Waals surface area contributed by atoms with Crippen LogP contribution in [-0.2, 0) is 14.3 Å². The van der Waals surface area contributed by atoms with Gasteiger partial charge in [-0.1, -0.05) is 17.2 Å². The van der Waals surface area contributed by atoms with Gasteiger partial charge in [0.2, 0.25) is 0 Å². The predicted molar refractivity (Wildman–Crippen MR) is 78.7 cm³/mol. The number of azide groups is 1.